The van der Waals surface area contributed by atoms with Crippen LogP contribution in [-0.2, 0) is 0 Å². The molecule has 0 spiro atoms. The Labute approximate surface area is 126 Å². The number of rotatable bonds is 4. The van der Waals surface area contributed by atoms with E-state index in [1.54, 1.807) is 0 Å². The Hall–Kier alpha value is -2.42. The Morgan fingerprint density at radius 1 is 1.10 bits per heavy atom. The van der Waals surface area contributed by atoms with E-state index in [1.807, 2.05) is 6.07 Å². The van der Waals surface area contributed by atoms with Crippen molar-refractivity contribution in [2.45, 2.75) is 6.92 Å². The highest BCUT2D eigenvalue weighted by Crippen LogP contribution is 2.25. The van der Waals surface area contributed by atoms with Crippen molar-refractivity contribution >= 4 is 5.69 Å². The minimum Gasteiger partial charge on any atom is -0.379 e. The summed E-state index contributed by atoms with van der Waals surface area (Å²) in [7, 11) is 2.10. The molecule has 0 saturated heterocycles. The van der Waals surface area contributed by atoms with Gasteiger partial charge in [0.15, 0.2) is 0 Å². The van der Waals surface area contributed by atoms with Crippen molar-refractivity contribution in [1.29, 1.82) is 0 Å². The molecule has 3 rings (SSSR count). The molecule has 0 bridgehead atoms. The molecule has 21 heavy (non-hydrogen) atoms. The number of likely N-dealkylation sites (N-methyl/N-ethyl adjacent to an activating group) is 1. The number of nitrogens with one attached hydrogen (secondary N) is 2. The lowest BCUT2D eigenvalue weighted by molar-refractivity contribution is 0.438. The number of nitrogens with zero attached hydrogens (tertiary/aromatic N) is 1. The summed E-state index contributed by atoms with van der Waals surface area (Å²) >= 11 is 0. The van der Waals surface area contributed by atoms with E-state index in [9.17, 15) is 0 Å². The molecule has 1 aliphatic rings. The van der Waals surface area contributed by atoms with Crippen molar-refractivity contribution in [3.8, 4) is 11.1 Å². The molecule has 0 amide bonds. The van der Waals surface area contributed by atoms with Gasteiger partial charge in [0.05, 0.1) is 13.2 Å². The highest BCUT2D eigenvalue weighted by molar-refractivity contribution is 5.68. The normalized spacial score (nSPS) is 13.8. The first-order chi connectivity index (χ1) is 10.2. The van der Waals surface area contributed by atoms with E-state index in [0.29, 0.717) is 0 Å². The molecule has 3 heteroatoms. The molecule has 0 atom stereocenters. The first-order valence-corrected chi connectivity index (χ1v) is 7.27. The molecule has 0 unspecified atom stereocenters. The van der Waals surface area contributed by atoms with E-state index >= 15 is 0 Å². The second kappa shape index (κ2) is 5.92. The summed E-state index contributed by atoms with van der Waals surface area (Å²) in [5, 5.41) is 6.74. The zero-order valence-electron chi connectivity index (χ0n) is 12.6. The smallest absolute Gasteiger partial charge is 0.0867 e. The molecule has 2 N–H and O–H groups in total. The van der Waals surface area contributed by atoms with E-state index < -0.39 is 0 Å². The summed E-state index contributed by atoms with van der Waals surface area (Å²) in [5.41, 5.74) is 6.26. The van der Waals surface area contributed by atoms with E-state index in [1.165, 1.54) is 28.1 Å². The van der Waals surface area contributed by atoms with Gasteiger partial charge in [0.25, 0.3) is 0 Å². The molecule has 108 valence electrons. The van der Waals surface area contributed by atoms with E-state index in [-0.39, 0.29) is 0 Å². The zero-order chi connectivity index (χ0) is 14.7. The highest BCUT2D eigenvalue weighted by atomic mass is 15.3. The van der Waals surface area contributed by atoms with Crippen LogP contribution in [0.15, 0.2) is 60.4 Å². The van der Waals surface area contributed by atoms with Crippen molar-refractivity contribution in [3.63, 3.8) is 0 Å². The van der Waals surface area contributed by atoms with Gasteiger partial charge in [-0.15, -0.1) is 0 Å². The van der Waals surface area contributed by atoms with Gasteiger partial charge in [-0.25, -0.2) is 0 Å². The third-order valence-corrected chi connectivity index (χ3v) is 3.88. The van der Waals surface area contributed by atoms with Gasteiger partial charge < -0.3 is 15.5 Å². The van der Waals surface area contributed by atoms with Crippen LogP contribution < -0.4 is 10.6 Å². The maximum Gasteiger partial charge on any atom is 0.0867 e. The summed E-state index contributed by atoms with van der Waals surface area (Å²) in [6.07, 6.45) is 2.07. The predicted molar refractivity (Wildman–Crippen MR) is 89.0 cm³/mol. The van der Waals surface area contributed by atoms with Crippen LogP contribution in [-0.4, -0.2) is 25.2 Å². The second-order valence-electron chi connectivity index (χ2n) is 5.45. The van der Waals surface area contributed by atoms with Crippen LogP contribution in [0.4, 0.5) is 5.69 Å². The topological polar surface area (TPSA) is 27.3 Å². The SMILES string of the molecule is Cc1cc(-c2ccccc2)ccc1NCC1=CNCN1C. The van der Waals surface area contributed by atoms with Gasteiger partial charge in [0.1, 0.15) is 0 Å². The van der Waals surface area contributed by atoms with Crippen LogP contribution in [0.5, 0.6) is 0 Å². The average molecular weight is 279 g/mol. The monoisotopic (exact) mass is 279 g/mol. The highest BCUT2D eigenvalue weighted by Gasteiger charge is 2.10. The van der Waals surface area contributed by atoms with Crippen LogP contribution >= 0.6 is 0 Å². The first kappa shape index (κ1) is 13.6. The summed E-state index contributed by atoms with van der Waals surface area (Å²) < 4.78 is 0. The lowest BCUT2D eigenvalue weighted by Gasteiger charge is -2.17. The lowest BCUT2D eigenvalue weighted by atomic mass is 10.0. The minimum absolute atomic E-state index is 0.842. The van der Waals surface area contributed by atoms with Crippen LogP contribution in [0.25, 0.3) is 11.1 Å². The second-order valence-corrected chi connectivity index (χ2v) is 5.45. The Morgan fingerprint density at radius 2 is 1.90 bits per heavy atom. The third-order valence-electron chi connectivity index (χ3n) is 3.88. The third kappa shape index (κ3) is 3.02. The van der Waals surface area contributed by atoms with Gasteiger partial charge in [-0.05, 0) is 35.7 Å². The molecule has 0 saturated carbocycles. The van der Waals surface area contributed by atoms with Gasteiger partial charge in [-0.2, -0.15) is 0 Å². The molecule has 2 aromatic rings. The van der Waals surface area contributed by atoms with E-state index in [2.05, 4.69) is 78.2 Å². The molecule has 0 fully saturated rings. The minimum atomic E-state index is 0.842. The van der Waals surface area contributed by atoms with Gasteiger partial charge in [0, 0.05) is 24.6 Å². The number of anilines is 1. The van der Waals surface area contributed by atoms with Crippen LogP contribution in [0.2, 0.25) is 0 Å². The van der Waals surface area contributed by atoms with Crippen LogP contribution in [0.1, 0.15) is 5.56 Å². The zero-order valence-corrected chi connectivity index (χ0v) is 12.6. The number of hydrogen-bond acceptors (Lipinski definition) is 3. The van der Waals surface area contributed by atoms with Gasteiger partial charge in [-0.3, -0.25) is 0 Å². The van der Waals surface area contributed by atoms with Crippen molar-refractivity contribution in [3.05, 3.63) is 66.0 Å². The molecular formula is C18H21N3. The van der Waals surface area contributed by atoms with Crippen molar-refractivity contribution in [1.82, 2.24) is 10.2 Å². The molecule has 1 aliphatic heterocycles. The standard InChI is InChI=1S/C18H21N3/c1-14-10-16(15-6-4-3-5-7-15)8-9-18(14)20-12-17-11-19-13-21(17)2/h3-11,19-20H,12-13H2,1-2H3. The number of aryl methyl sites for hydroxylation is 1. The largest absolute Gasteiger partial charge is 0.379 e. The quantitative estimate of drug-likeness (QED) is 0.898. The summed E-state index contributed by atoms with van der Waals surface area (Å²) in [6.45, 7) is 3.89. The van der Waals surface area contributed by atoms with Gasteiger partial charge in [0.2, 0.25) is 0 Å². The fraction of sp³-hybridized carbons (Fsp3) is 0.222. The van der Waals surface area contributed by atoms with Crippen molar-refractivity contribution < 1.29 is 0 Å². The first-order valence-electron chi connectivity index (χ1n) is 7.27. The Balaban J connectivity index is 1.73. The molecule has 0 radical (unpaired) electrons. The fourth-order valence-electron chi connectivity index (χ4n) is 2.56. The average Bonchev–Trinajstić information content (AvgIpc) is 2.92. The van der Waals surface area contributed by atoms with Crippen molar-refractivity contribution in [2.24, 2.45) is 0 Å². The van der Waals surface area contributed by atoms with Gasteiger partial charge in [-0.1, -0.05) is 36.4 Å². The van der Waals surface area contributed by atoms with Gasteiger partial charge >= 0.3 is 0 Å². The molecular weight excluding hydrogens is 258 g/mol. The summed E-state index contributed by atoms with van der Waals surface area (Å²) in [5.74, 6) is 0. The maximum absolute atomic E-state index is 3.51. The Morgan fingerprint density at radius 3 is 2.57 bits per heavy atom. The molecule has 1 heterocycles. The number of hydrogen-bond donors (Lipinski definition) is 2. The summed E-state index contributed by atoms with van der Waals surface area (Å²) in [6, 6.07) is 17.1. The Kier molecular flexibility index (Phi) is 3.82. The Bertz CT molecular complexity index is 647. The number of benzene rings is 2. The fourth-order valence-corrected chi connectivity index (χ4v) is 2.56. The predicted octanol–water partition coefficient (Wildman–Crippen LogP) is 3.41. The van der Waals surface area contributed by atoms with E-state index in [0.717, 1.165) is 13.2 Å². The molecule has 0 aliphatic carbocycles. The molecule has 3 nitrogen and oxygen atoms in total. The van der Waals surface area contributed by atoms with Crippen LogP contribution in [0, 0.1) is 6.92 Å². The van der Waals surface area contributed by atoms with Crippen LogP contribution in [0.3, 0.4) is 0 Å². The maximum atomic E-state index is 3.51. The summed E-state index contributed by atoms with van der Waals surface area (Å²) in [4.78, 5) is 2.21. The molecule has 2 aromatic carbocycles. The molecule has 0 aromatic heterocycles. The lowest BCUT2D eigenvalue weighted by Crippen LogP contribution is -2.22. The van der Waals surface area contributed by atoms with E-state index in [4.69, 9.17) is 0 Å². The van der Waals surface area contributed by atoms with Crippen molar-refractivity contribution in [2.75, 3.05) is 25.6 Å².